The summed E-state index contributed by atoms with van der Waals surface area (Å²) in [5.41, 5.74) is -0.401. The van der Waals surface area contributed by atoms with E-state index in [0.29, 0.717) is 49.8 Å². The van der Waals surface area contributed by atoms with Gasteiger partial charge in [-0.1, -0.05) is 24.3 Å². The summed E-state index contributed by atoms with van der Waals surface area (Å²) in [6.07, 6.45) is 0. The first-order valence-electron chi connectivity index (χ1n) is 9.84. The number of piperazine rings is 1. The molecule has 2 aliphatic heterocycles. The average molecular weight is 397 g/mol. The van der Waals surface area contributed by atoms with E-state index in [4.69, 9.17) is 4.74 Å². The van der Waals surface area contributed by atoms with Crippen LogP contribution in [0.1, 0.15) is 13.8 Å². The van der Waals surface area contributed by atoms with Crippen LogP contribution in [0.3, 0.4) is 0 Å². The number of carbonyl (C=O) groups excluding carboxylic acids is 2. The Kier molecular flexibility index (Phi) is 4.90. The predicted octanol–water partition coefficient (Wildman–Crippen LogP) is 2.68. The van der Waals surface area contributed by atoms with Gasteiger partial charge in [-0.15, -0.1) is 0 Å². The molecule has 6 nitrogen and oxygen atoms in total. The Balaban J connectivity index is 1.53. The molecule has 0 spiro atoms. The van der Waals surface area contributed by atoms with E-state index in [-0.39, 0.29) is 17.6 Å². The van der Waals surface area contributed by atoms with Crippen LogP contribution < -0.4 is 14.5 Å². The normalized spacial score (nSPS) is 21.6. The molecule has 0 radical (unpaired) electrons. The van der Waals surface area contributed by atoms with Gasteiger partial charge < -0.3 is 19.4 Å². The van der Waals surface area contributed by atoms with Gasteiger partial charge in [0.05, 0.1) is 11.4 Å². The highest BCUT2D eigenvalue weighted by molar-refractivity contribution is 6.16. The topological polar surface area (TPSA) is 53.1 Å². The number of halogens is 1. The fourth-order valence-corrected chi connectivity index (χ4v) is 4.01. The molecule has 7 heteroatoms. The van der Waals surface area contributed by atoms with E-state index < -0.39 is 5.60 Å². The second-order valence-corrected chi connectivity index (χ2v) is 7.38. The van der Waals surface area contributed by atoms with Crippen LogP contribution in [-0.2, 0) is 9.59 Å². The van der Waals surface area contributed by atoms with Gasteiger partial charge in [-0.25, -0.2) is 4.39 Å². The number of para-hydroxylation sites is 3. The fraction of sp³-hybridized carbons (Fsp3) is 0.364. The molecule has 2 heterocycles. The third kappa shape index (κ3) is 3.20. The number of anilines is 2. The fourth-order valence-electron chi connectivity index (χ4n) is 4.01. The Labute approximate surface area is 169 Å². The van der Waals surface area contributed by atoms with Crippen molar-refractivity contribution in [2.45, 2.75) is 19.4 Å². The van der Waals surface area contributed by atoms with Gasteiger partial charge in [0.15, 0.2) is 0 Å². The number of ether oxygens (including phenoxy) is 1. The number of hydrogen-bond acceptors (Lipinski definition) is 4. The molecular weight excluding hydrogens is 373 g/mol. The summed E-state index contributed by atoms with van der Waals surface area (Å²) in [4.78, 5) is 31.6. The second-order valence-electron chi connectivity index (χ2n) is 7.38. The van der Waals surface area contributed by atoms with E-state index in [9.17, 15) is 14.0 Å². The van der Waals surface area contributed by atoms with Crippen molar-refractivity contribution in [1.29, 1.82) is 0 Å². The zero-order valence-corrected chi connectivity index (χ0v) is 16.6. The third-order valence-electron chi connectivity index (χ3n) is 5.61. The maximum atomic E-state index is 14.1. The van der Waals surface area contributed by atoms with Crippen molar-refractivity contribution in [2.24, 2.45) is 0 Å². The molecule has 1 fully saturated rings. The molecule has 2 aromatic rings. The molecule has 1 atom stereocenters. The van der Waals surface area contributed by atoms with Crippen molar-refractivity contribution in [2.75, 3.05) is 42.5 Å². The molecule has 2 aliphatic rings. The lowest BCUT2D eigenvalue weighted by Gasteiger charge is -2.43. The van der Waals surface area contributed by atoms with Crippen LogP contribution in [0.4, 0.5) is 15.8 Å². The van der Waals surface area contributed by atoms with Crippen LogP contribution in [0.5, 0.6) is 5.75 Å². The standard InChI is InChI=1S/C22H24FN3O3/c1-3-26-18-10-6-7-11-19(18)29-22(2,21(26)28)20(27)25-14-12-24(13-15-25)17-9-5-4-8-16(17)23/h4-11H,3,12-15H2,1-2H3. The van der Waals surface area contributed by atoms with Crippen LogP contribution in [0.25, 0.3) is 0 Å². The van der Waals surface area contributed by atoms with Gasteiger partial charge in [0, 0.05) is 32.7 Å². The van der Waals surface area contributed by atoms with Crippen molar-refractivity contribution in [1.82, 2.24) is 4.90 Å². The van der Waals surface area contributed by atoms with E-state index in [2.05, 4.69) is 0 Å². The van der Waals surface area contributed by atoms with Gasteiger partial charge in [-0.05, 0) is 38.1 Å². The maximum Gasteiger partial charge on any atom is 0.280 e. The van der Waals surface area contributed by atoms with Crippen LogP contribution in [0.2, 0.25) is 0 Å². The lowest BCUT2D eigenvalue weighted by atomic mass is 9.98. The molecule has 2 aromatic carbocycles. The monoisotopic (exact) mass is 397 g/mol. The van der Waals surface area contributed by atoms with Crippen LogP contribution >= 0.6 is 0 Å². The molecule has 1 unspecified atom stereocenters. The number of hydrogen-bond donors (Lipinski definition) is 0. The van der Waals surface area contributed by atoms with Crippen molar-refractivity contribution >= 4 is 23.2 Å². The van der Waals surface area contributed by atoms with Crippen LogP contribution in [-0.4, -0.2) is 55.0 Å². The molecule has 0 N–H and O–H groups in total. The number of nitrogens with zero attached hydrogens (tertiary/aromatic N) is 3. The smallest absolute Gasteiger partial charge is 0.280 e. The Bertz CT molecular complexity index is 942. The largest absolute Gasteiger partial charge is 0.465 e. The number of rotatable bonds is 3. The van der Waals surface area contributed by atoms with Crippen LogP contribution in [0, 0.1) is 5.82 Å². The predicted molar refractivity (Wildman–Crippen MR) is 109 cm³/mol. The highest BCUT2D eigenvalue weighted by Crippen LogP contribution is 2.38. The SMILES string of the molecule is CCN1C(=O)C(C)(C(=O)N2CCN(c3ccccc3F)CC2)Oc2ccccc21. The first-order chi connectivity index (χ1) is 14.0. The molecule has 4 rings (SSSR count). The summed E-state index contributed by atoms with van der Waals surface area (Å²) < 4.78 is 20.0. The second kappa shape index (κ2) is 7.39. The Hall–Kier alpha value is -3.09. The minimum Gasteiger partial charge on any atom is -0.465 e. The molecule has 152 valence electrons. The van der Waals surface area contributed by atoms with Gasteiger partial charge in [-0.3, -0.25) is 9.59 Å². The van der Waals surface area contributed by atoms with Crippen LogP contribution in [0.15, 0.2) is 48.5 Å². The van der Waals surface area contributed by atoms with Crippen molar-refractivity contribution in [3.63, 3.8) is 0 Å². The molecule has 0 saturated carbocycles. The lowest BCUT2D eigenvalue weighted by Crippen LogP contribution is -2.64. The van der Waals surface area contributed by atoms with E-state index in [1.54, 1.807) is 41.0 Å². The third-order valence-corrected chi connectivity index (χ3v) is 5.61. The Morgan fingerprint density at radius 2 is 1.66 bits per heavy atom. The first kappa shape index (κ1) is 19.2. The first-order valence-corrected chi connectivity index (χ1v) is 9.84. The van der Waals surface area contributed by atoms with Gasteiger partial charge in [-0.2, -0.15) is 0 Å². The van der Waals surface area contributed by atoms with Crippen molar-refractivity contribution in [3.8, 4) is 5.75 Å². The molecule has 0 aromatic heterocycles. The number of likely N-dealkylation sites (N-methyl/N-ethyl adjacent to an activating group) is 1. The van der Waals surface area contributed by atoms with Crippen molar-refractivity contribution < 1.29 is 18.7 Å². The van der Waals surface area contributed by atoms with E-state index >= 15 is 0 Å². The summed E-state index contributed by atoms with van der Waals surface area (Å²) in [6.45, 7) is 5.64. The molecule has 2 amide bonds. The molecule has 1 saturated heterocycles. The van der Waals surface area contributed by atoms with Crippen molar-refractivity contribution in [3.05, 3.63) is 54.3 Å². The number of fused-ring (bicyclic) bond motifs is 1. The number of amides is 2. The summed E-state index contributed by atoms with van der Waals surface area (Å²) in [5.74, 6) is -0.473. The molecule has 29 heavy (non-hydrogen) atoms. The van der Waals surface area contributed by atoms with Gasteiger partial charge >= 0.3 is 0 Å². The number of benzene rings is 2. The van der Waals surface area contributed by atoms with E-state index in [1.807, 2.05) is 30.0 Å². The summed E-state index contributed by atoms with van der Waals surface area (Å²) in [7, 11) is 0. The summed E-state index contributed by atoms with van der Waals surface area (Å²) in [5, 5.41) is 0. The van der Waals surface area contributed by atoms with Gasteiger partial charge in [0.1, 0.15) is 11.6 Å². The van der Waals surface area contributed by atoms with Gasteiger partial charge in [0.25, 0.3) is 17.4 Å². The summed E-state index contributed by atoms with van der Waals surface area (Å²) in [6, 6.07) is 13.9. The quantitative estimate of drug-likeness (QED) is 0.748. The average Bonchev–Trinajstić information content (AvgIpc) is 2.75. The Morgan fingerprint density at radius 3 is 2.31 bits per heavy atom. The maximum absolute atomic E-state index is 14.1. The molecule has 0 aliphatic carbocycles. The zero-order valence-electron chi connectivity index (χ0n) is 16.6. The number of carbonyl (C=O) groups is 2. The van der Waals surface area contributed by atoms with E-state index in [1.165, 1.54) is 6.07 Å². The highest BCUT2D eigenvalue weighted by Gasteiger charge is 2.52. The summed E-state index contributed by atoms with van der Waals surface area (Å²) >= 11 is 0. The highest BCUT2D eigenvalue weighted by atomic mass is 19.1. The molecule has 0 bridgehead atoms. The lowest BCUT2D eigenvalue weighted by molar-refractivity contribution is -0.156. The zero-order chi connectivity index (χ0) is 20.6. The molecular formula is C22H24FN3O3. The van der Waals surface area contributed by atoms with Gasteiger partial charge in [0.2, 0.25) is 0 Å². The van der Waals surface area contributed by atoms with E-state index in [0.717, 1.165) is 0 Å². The minimum absolute atomic E-state index is 0.278. The minimum atomic E-state index is -1.61. The Morgan fingerprint density at radius 1 is 1.03 bits per heavy atom.